The molecular formula is C18H23NO3S. The molecule has 0 aliphatic heterocycles. The lowest BCUT2D eigenvalue weighted by atomic mass is 10.2. The van der Waals surface area contributed by atoms with E-state index in [4.69, 9.17) is 4.74 Å². The van der Waals surface area contributed by atoms with Crippen molar-refractivity contribution >= 4 is 17.3 Å². The maximum absolute atomic E-state index is 11.3. The average molecular weight is 333 g/mol. The van der Waals surface area contributed by atoms with Crippen molar-refractivity contribution in [2.24, 2.45) is 0 Å². The normalized spacial score (nSPS) is 10.7. The van der Waals surface area contributed by atoms with Crippen LogP contribution >= 0.6 is 11.3 Å². The van der Waals surface area contributed by atoms with E-state index in [0.717, 1.165) is 17.7 Å². The fourth-order valence-corrected chi connectivity index (χ4v) is 3.38. The van der Waals surface area contributed by atoms with Crippen LogP contribution in [0.1, 0.15) is 54.9 Å². The standard InChI is InChI=1S/C18H23NO3S/c1-3-5-6-9-12-22-15-11-8-7-10-13(15)17-19-14(4-2)16(23-17)18(20)21/h7-8,10-11H,3-6,9,12H2,1-2H3,(H,20,21). The van der Waals surface area contributed by atoms with Crippen molar-refractivity contribution in [3.05, 3.63) is 34.8 Å². The number of aromatic nitrogens is 1. The zero-order valence-electron chi connectivity index (χ0n) is 13.7. The van der Waals surface area contributed by atoms with Crippen LogP contribution in [0.15, 0.2) is 24.3 Å². The smallest absolute Gasteiger partial charge is 0.347 e. The number of ether oxygens (including phenoxy) is 1. The number of unbranched alkanes of at least 4 members (excludes halogenated alkanes) is 3. The minimum absolute atomic E-state index is 0.320. The van der Waals surface area contributed by atoms with E-state index >= 15 is 0 Å². The summed E-state index contributed by atoms with van der Waals surface area (Å²) in [5.41, 5.74) is 1.51. The predicted octanol–water partition coefficient (Wildman–Crippen LogP) is 5.03. The minimum Gasteiger partial charge on any atom is -0.493 e. The molecule has 5 heteroatoms. The second kappa shape index (κ2) is 8.67. The number of carboxylic acid groups (broad SMARTS) is 1. The number of aryl methyl sites for hydroxylation is 1. The molecule has 23 heavy (non-hydrogen) atoms. The summed E-state index contributed by atoms with van der Waals surface area (Å²) in [6.45, 7) is 4.78. The molecule has 0 spiro atoms. The predicted molar refractivity (Wildman–Crippen MR) is 93.5 cm³/mol. The van der Waals surface area contributed by atoms with Crippen molar-refractivity contribution in [2.75, 3.05) is 6.61 Å². The first-order valence-corrected chi connectivity index (χ1v) is 8.94. The fourth-order valence-electron chi connectivity index (χ4n) is 2.35. The zero-order chi connectivity index (χ0) is 16.7. The highest BCUT2D eigenvalue weighted by molar-refractivity contribution is 7.17. The van der Waals surface area contributed by atoms with Crippen LogP contribution in [0.2, 0.25) is 0 Å². The molecule has 0 bridgehead atoms. The van der Waals surface area contributed by atoms with Crippen molar-refractivity contribution in [3.8, 4) is 16.3 Å². The van der Waals surface area contributed by atoms with Crippen LogP contribution in [0.25, 0.3) is 10.6 Å². The summed E-state index contributed by atoms with van der Waals surface area (Å²) in [5.74, 6) is -0.138. The van der Waals surface area contributed by atoms with E-state index in [9.17, 15) is 9.90 Å². The lowest BCUT2D eigenvalue weighted by molar-refractivity contribution is 0.0701. The van der Waals surface area contributed by atoms with Crippen LogP contribution in [-0.4, -0.2) is 22.7 Å². The van der Waals surface area contributed by atoms with E-state index < -0.39 is 5.97 Å². The molecule has 4 nitrogen and oxygen atoms in total. The van der Waals surface area contributed by atoms with Crippen molar-refractivity contribution in [1.82, 2.24) is 4.98 Å². The molecule has 0 saturated heterocycles. The van der Waals surface area contributed by atoms with Gasteiger partial charge in [-0.25, -0.2) is 9.78 Å². The summed E-state index contributed by atoms with van der Waals surface area (Å²) < 4.78 is 5.90. The maximum Gasteiger partial charge on any atom is 0.347 e. The third kappa shape index (κ3) is 4.55. The van der Waals surface area contributed by atoms with Gasteiger partial charge in [0.05, 0.1) is 17.9 Å². The lowest BCUT2D eigenvalue weighted by Crippen LogP contribution is -1.98. The SMILES string of the molecule is CCCCCCOc1ccccc1-c1nc(CC)c(C(=O)O)s1. The number of hydrogen-bond acceptors (Lipinski definition) is 4. The molecule has 0 fully saturated rings. The highest BCUT2D eigenvalue weighted by Gasteiger charge is 2.18. The van der Waals surface area contributed by atoms with Crippen LogP contribution in [0, 0.1) is 0 Å². The summed E-state index contributed by atoms with van der Waals surface area (Å²) in [7, 11) is 0. The maximum atomic E-state index is 11.3. The van der Waals surface area contributed by atoms with Crippen LogP contribution in [0.5, 0.6) is 5.75 Å². The van der Waals surface area contributed by atoms with Gasteiger partial charge in [-0.15, -0.1) is 11.3 Å². The van der Waals surface area contributed by atoms with Gasteiger partial charge in [0.2, 0.25) is 0 Å². The number of thiazole rings is 1. The van der Waals surface area contributed by atoms with Gasteiger partial charge in [-0.2, -0.15) is 0 Å². The molecule has 2 aromatic rings. The fraction of sp³-hybridized carbons (Fsp3) is 0.444. The molecular weight excluding hydrogens is 310 g/mol. The topological polar surface area (TPSA) is 59.4 Å². The van der Waals surface area contributed by atoms with Gasteiger partial charge in [0, 0.05) is 0 Å². The molecule has 2 rings (SSSR count). The molecule has 1 aromatic carbocycles. The van der Waals surface area contributed by atoms with Crippen LogP contribution < -0.4 is 4.74 Å². The van der Waals surface area contributed by atoms with Crippen molar-refractivity contribution in [1.29, 1.82) is 0 Å². The molecule has 0 radical (unpaired) electrons. The van der Waals surface area contributed by atoms with E-state index in [2.05, 4.69) is 11.9 Å². The van der Waals surface area contributed by atoms with Crippen molar-refractivity contribution < 1.29 is 14.6 Å². The van der Waals surface area contributed by atoms with Gasteiger partial charge < -0.3 is 9.84 Å². The second-order valence-electron chi connectivity index (χ2n) is 5.36. The Kier molecular flexibility index (Phi) is 6.59. The number of rotatable bonds is 9. The quantitative estimate of drug-likeness (QED) is 0.654. The Morgan fingerprint density at radius 1 is 1.22 bits per heavy atom. The Balaban J connectivity index is 2.18. The van der Waals surface area contributed by atoms with Gasteiger partial charge in [0.25, 0.3) is 0 Å². The van der Waals surface area contributed by atoms with Gasteiger partial charge in [0.15, 0.2) is 0 Å². The number of hydrogen-bond donors (Lipinski definition) is 1. The Labute approximate surface area is 141 Å². The summed E-state index contributed by atoms with van der Waals surface area (Å²) in [6, 6.07) is 7.71. The van der Waals surface area contributed by atoms with Crippen LogP contribution in [-0.2, 0) is 6.42 Å². The Bertz CT molecular complexity index is 651. The first-order valence-electron chi connectivity index (χ1n) is 8.12. The molecule has 1 N–H and O–H groups in total. The molecule has 0 aliphatic rings. The summed E-state index contributed by atoms with van der Waals surface area (Å²) in [4.78, 5) is 16.1. The van der Waals surface area contributed by atoms with Crippen molar-refractivity contribution in [3.63, 3.8) is 0 Å². The monoisotopic (exact) mass is 333 g/mol. The van der Waals surface area contributed by atoms with E-state index in [0.29, 0.717) is 28.6 Å². The van der Waals surface area contributed by atoms with Gasteiger partial charge in [-0.05, 0) is 25.0 Å². The number of carboxylic acids is 1. The molecule has 0 saturated carbocycles. The van der Waals surface area contributed by atoms with E-state index in [1.165, 1.54) is 30.6 Å². The molecule has 124 valence electrons. The van der Waals surface area contributed by atoms with Gasteiger partial charge in [0.1, 0.15) is 15.6 Å². The van der Waals surface area contributed by atoms with Gasteiger partial charge in [-0.1, -0.05) is 45.2 Å². The number of benzene rings is 1. The summed E-state index contributed by atoms with van der Waals surface area (Å²) >= 11 is 1.22. The Hall–Kier alpha value is -1.88. The molecule has 1 heterocycles. The van der Waals surface area contributed by atoms with Crippen molar-refractivity contribution in [2.45, 2.75) is 46.0 Å². The molecule has 0 amide bonds. The summed E-state index contributed by atoms with van der Waals surface area (Å²) in [6.07, 6.45) is 5.23. The first kappa shape index (κ1) is 17.5. The second-order valence-corrected chi connectivity index (χ2v) is 6.36. The molecule has 0 aliphatic carbocycles. The van der Waals surface area contributed by atoms with Crippen LogP contribution in [0.3, 0.4) is 0 Å². The molecule has 1 aromatic heterocycles. The number of nitrogens with zero attached hydrogens (tertiary/aromatic N) is 1. The number of para-hydroxylation sites is 1. The lowest BCUT2D eigenvalue weighted by Gasteiger charge is -2.09. The van der Waals surface area contributed by atoms with Gasteiger partial charge in [-0.3, -0.25) is 0 Å². The van der Waals surface area contributed by atoms with E-state index in [1.807, 2.05) is 31.2 Å². The van der Waals surface area contributed by atoms with Crippen LogP contribution in [0.4, 0.5) is 0 Å². The third-order valence-electron chi connectivity index (χ3n) is 3.60. The van der Waals surface area contributed by atoms with E-state index in [-0.39, 0.29) is 0 Å². The highest BCUT2D eigenvalue weighted by atomic mass is 32.1. The molecule has 0 unspecified atom stereocenters. The highest BCUT2D eigenvalue weighted by Crippen LogP contribution is 2.34. The Morgan fingerprint density at radius 2 is 2.00 bits per heavy atom. The van der Waals surface area contributed by atoms with Gasteiger partial charge >= 0.3 is 5.97 Å². The third-order valence-corrected chi connectivity index (χ3v) is 4.72. The number of carbonyl (C=O) groups is 1. The van der Waals surface area contributed by atoms with E-state index in [1.54, 1.807) is 0 Å². The minimum atomic E-state index is -0.913. The molecule has 0 atom stereocenters. The Morgan fingerprint density at radius 3 is 2.65 bits per heavy atom. The first-order chi connectivity index (χ1) is 11.2. The average Bonchev–Trinajstić information content (AvgIpc) is 2.99. The number of aromatic carboxylic acids is 1. The zero-order valence-corrected chi connectivity index (χ0v) is 14.5. The summed E-state index contributed by atoms with van der Waals surface area (Å²) in [5, 5.41) is 10.0. The largest absolute Gasteiger partial charge is 0.493 e.